The van der Waals surface area contributed by atoms with Gasteiger partial charge in [-0.2, -0.15) is 0 Å². The van der Waals surface area contributed by atoms with Crippen molar-refractivity contribution in [2.45, 2.75) is 37.1 Å². The molecular weight excluding hydrogens is 403 g/mol. The summed E-state index contributed by atoms with van der Waals surface area (Å²) in [5.41, 5.74) is 2.08. The molecule has 0 saturated heterocycles. The van der Waals surface area contributed by atoms with Crippen LogP contribution in [0.3, 0.4) is 0 Å². The van der Waals surface area contributed by atoms with E-state index in [1.165, 1.54) is 25.0 Å². The number of halogens is 2. The van der Waals surface area contributed by atoms with Gasteiger partial charge in [0.05, 0.1) is 22.2 Å². The second-order valence-electron chi connectivity index (χ2n) is 6.10. The fraction of sp³-hybridized carbons (Fsp3) is 0.368. The Morgan fingerprint density at radius 3 is 2.76 bits per heavy atom. The number of benzene rings is 2. The maximum absolute atomic E-state index is 13.4. The van der Waals surface area contributed by atoms with Gasteiger partial charge in [0, 0.05) is 18.3 Å². The van der Waals surface area contributed by atoms with Crippen LogP contribution in [-0.4, -0.2) is 19.7 Å². The molecule has 3 nitrogen and oxygen atoms in total. The number of hydrogen-bond acceptors (Lipinski definition) is 4. The second-order valence-corrected chi connectivity index (χ2v) is 7.83. The molecule has 134 valence electrons. The first-order valence-electron chi connectivity index (χ1n) is 8.45. The van der Waals surface area contributed by atoms with Gasteiger partial charge in [-0.25, -0.2) is 4.39 Å². The zero-order valence-electron chi connectivity index (χ0n) is 14.4. The average Bonchev–Trinajstić information content (AvgIpc) is 2.79. The molecule has 1 N–H and O–H groups in total. The van der Waals surface area contributed by atoms with Crippen molar-refractivity contribution in [3.05, 3.63) is 46.7 Å². The molecule has 1 heterocycles. The second kappa shape index (κ2) is 8.43. The van der Waals surface area contributed by atoms with Gasteiger partial charge in [0.1, 0.15) is 11.6 Å². The third-order valence-corrected chi connectivity index (χ3v) is 5.92. The van der Waals surface area contributed by atoms with Gasteiger partial charge in [0.2, 0.25) is 0 Å². The Bertz CT molecular complexity index is 726. The highest BCUT2D eigenvalue weighted by Gasteiger charge is 2.24. The van der Waals surface area contributed by atoms with Gasteiger partial charge in [-0.05, 0) is 70.7 Å². The monoisotopic (exact) mass is 424 g/mol. The minimum atomic E-state index is -0.218. The number of rotatable bonds is 5. The molecule has 1 aliphatic heterocycles. The minimum Gasteiger partial charge on any atom is -0.496 e. The molecule has 3 rings (SSSR count). The number of ether oxygens (including phenoxy) is 1. The average molecular weight is 425 g/mol. The first kappa shape index (κ1) is 18.5. The largest absolute Gasteiger partial charge is 0.496 e. The maximum Gasteiger partial charge on any atom is 0.134 e. The Hall–Kier alpha value is -1.24. The number of fused-ring (bicyclic) bond motifs is 1. The highest BCUT2D eigenvalue weighted by molar-refractivity contribution is 9.10. The summed E-state index contributed by atoms with van der Waals surface area (Å²) in [6.07, 6.45) is 3.46. The fourth-order valence-electron chi connectivity index (χ4n) is 2.94. The maximum atomic E-state index is 13.4. The Labute approximate surface area is 161 Å². The van der Waals surface area contributed by atoms with E-state index in [0.29, 0.717) is 6.04 Å². The minimum absolute atomic E-state index is 0.218. The van der Waals surface area contributed by atoms with E-state index in [2.05, 4.69) is 38.5 Å². The topological polar surface area (TPSA) is 24.5 Å². The molecule has 1 aliphatic rings. The Balaban J connectivity index is 2.01. The summed E-state index contributed by atoms with van der Waals surface area (Å²) >= 11 is 5.23. The van der Waals surface area contributed by atoms with Crippen LogP contribution in [0.25, 0.3) is 0 Å². The Kier molecular flexibility index (Phi) is 6.25. The number of nitrogens with one attached hydrogen (secondary N) is 1. The van der Waals surface area contributed by atoms with Crippen molar-refractivity contribution in [1.29, 1.82) is 0 Å². The molecule has 0 fully saturated rings. The number of methoxy groups -OCH3 is 1. The number of nitrogens with zero attached hydrogens (tertiary/aromatic N) is 1. The molecule has 0 aromatic heterocycles. The van der Waals surface area contributed by atoms with Crippen molar-refractivity contribution < 1.29 is 9.13 Å². The molecule has 0 spiro atoms. The highest BCUT2D eigenvalue weighted by atomic mass is 79.9. The van der Waals surface area contributed by atoms with Crippen LogP contribution < -0.4 is 14.4 Å². The molecule has 6 heteroatoms. The van der Waals surface area contributed by atoms with Crippen LogP contribution in [0.5, 0.6) is 5.75 Å². The summed E-state index contributed by atoms with van der Waals surface area (Å²) in [6, 6.07) is 11.2. The van der Waals surface area contributed by atoms with Crippen molar-refractivity contribution in [3.63, 3.8) is 0 Å². The van der Waals surface area contributed by atoms with Crippen molar-refractivity contribution in [2.75, 3.05) is 18.6 Å². The molecule has 0 aliphatic carbocycles. The molecule has 0 saturated carbocycles. The van der Waals surface area contributed by atoms with Crippen LogP contribution in [0, 0.1) is 5.82 Å². The van der Waals surface area contributed by atoms with Crippen LogP contribution in [0.4, 0.5) is 15.8 Å². The summed E-state index contributed by atoms with van der Waals surface area (Å²) < 4.78 is 23.3. The van der Waals surface area contributed by atoms with Gasteiger partial charge >= 0.3 is 0 Å². The van der Waals surface area contributed by atoms with Gasteiger partial charge in [-0.15, -0.1) is 0 Å². The van der Waals surface area contributed by atoms with E-state index >= 15 is 0 Å². The predicted octanol–water partition coefficient (Wildman–Crippen LogP) is 5.90. The van der Waals surface area contributed by atoms with Gasteiger partial charge in [0.15, 0.2) is 0 Å². The summed E-state index contributed by atoms with van der Waals surface area (Å²) in [7, 11) is 1.67. The summed E-state index contributed by atoms with van der Waals surface area (Å²) in [4.78, 5) is 3.36. The summed E-state index contributed by atoms with van der Waals surface area (Å²) in [5, 5.41) is 0. The molecule has 0 amide bonds. The standard InChI is InChI=1S/C19H22BrFN2OS/c1-3-4-5-14-12-23(15-8-6-13(21)7-9-15)17-10-16(20)18(24-2)11-19(17)25-22-14/h6-11,14,22H,3-5,12H2,1-2H3. The van der Waals surface area contributed by atoms with Crippen LogP contribution in [0.2, 0.25) is 0 Å². The zero-order valence-corrected chi connectivity index (χ0v) is 16.8. The van der Waals surface area contributed by atoms with Crippen LogP contribution in [-0.2, 0) is 0 Å². The number of unbranched alkanes of at least 4 members (excludes halogenated alkanes) is 1. The third-order valence-electron chi connectivity index (χ3n) is 4.31. The van der Waals surface area contributed by atoms with Crippen molar-refractivity contribution in [2.24, 2.45) is 0 Å². The lowest BCUT2D eigenvalue weighted by atomic mass is 10.1. The fourth-order valence-corrected chi connectivity index (χ4v) is 4.36. The molecular formula is C19H22BrFN2OS. The number of anilines is 2. The lowest BCUT2D eigenvalue weighted by Crippen LogP contribution is -2.34. The quantitative estimate of drug-likeness (QED) is 0.603. The SMILES string of the molecule is CCCCC1CN(c2ccc(F)cc2)c2cc(Br)c(OC)cc2SN1. The molecule has 0 bridgehead atoms. The molecule has 2 aromatic rings. The van der Waals surface area contributed by atoms with E-state index in [1.807, 2.05) is 18.2 Å². The van der Waals surface area contributed by atoms with E-state index in [9.17, 15) is 4.39 Å². The van der Waals surface area contributed by atoms with Crippen LogP contribution in [0.1, 0.15) is 26.2 Å². The van der Waals surface area contributed by atoms with Gasteiger partial charge in [0.25, 0.3) is 0 Å². The van der Waals surface area contributed by atoms with E-state index in [1.54, 1.807) is 19.1 Å². The molecule has 0 radical (unpaired) electrons. The summed E-state index contributed by atoms with van der Waals surface area (Å²) in [6.45, 7) is 3.04. The third kappa shape index (κ3) is 4.30. The zero-order chi connectivity index (χ0) is 17.8. The predicted molar refractivity (Wildman–Crippen MR) is 106 cm³/mol. The van der Waals surface area contributed by atoms with E-state index in [4.69, 9.17) is 4.74 Å². The lowest BCUT2D eigenvalue weighted by Gasteiger charge is -2.28. The molecule has 1 atom stereocenters. The first-order chi connectivity index (χ1) is 12.1. The van der Waals surface area contributed by atoms with Gasteiger partial charge < -0.3 is 9.64 Å². The van der Waals surface area contributed by atoms with Crippen molar-refractivity contribution in [3.8, 4) is 5.75 Å². The van der Waals surface area contributed by atoms with E-state index in [0.717, 1.165) is 39.5 Å². The highest BCUT2D eigenvalue weighted by Crippen LogP contribution is 2.42. The lowest BCUT2D eigenvalue weighted by molar-refractivity contribution is 0.411. The van der Waals surface area contributed by atoms with Crippen molar-refractivity contribution in [1.82, 2.24) is 4.72 Å². The Morgan fingerprint density at radius 2 is 2.08 bits per heavy atom. The summed E-state index contributed by atoms with van der Waals surface area (Å²) in [5.74, 6) is 0.587. The van der Waals surface area contributed by atoms with Gasteiger partial charge in [-0.1, -0.05) is 19.8 Å². The van der Waals surface area contributed by atoms with E-state index < -0.39 is 0 Å². The van der Waals surface area contributed by atoms with Crippen LogP contribution in [0.15, 0.2) is 45.8 Å². The van der Waals surface area contributed by atoms with Crippen LogP contribution >= 0.6 is 27.9 Å². The molecule has 2 aromatic carbocycles. The molecule has 1 unspecified atom stereocenters. The molecule has 25 heavy (non-hydrogen) atoms. The van der Waals surface area contributed by atoms with Gasteiger partial charge in [-0.3, -0.25) is 4.72 Å². The van der Waals surface area contributed by atoms with E-state index in [-0.39, 0.29) is 5.82 Å². The normalized spacial score (nSPS) is 17.1. The van der Waals surface area contributed by atoms with Crippen molar-refractivity contribution >= 4 is 39.3 Å². The Morgan fingerprint density at radius 1 is 1.32 bits per heavy atom. The smallest absolute Gasteiger partial charge is 0.134 e. The number of hydrogen-bond donors (Lipinski definition) is 1. The first-order valence-corrected chi connectivity index (χ1v) is 10.1.